The Labute approximate surface area is 139 Å². The standard InChI is InChI=1S/C18H20N2O2S/c21-17-16(23-18(22)19-17)11-12-5-4-8-15-14(12)9-10-20(15)13-6-2-1-3-7-13/h4-5,8-10,13,16H,1-3,6-7,11H2,(H,19,21,22). The first kappa shape index (κ1) is 14.8. The van der Waals surface area contributed by atoms with Gasteiger partial charge in [-0.3, -0.25) is 14.9 Å². The van der Waals surface area contributed by atoms with Gasteiger partial charge in [0.05, 0.1) is 5.25 Å². The molecule has 1 unspecified atom stereocenters. The number of aromatic nitrogens is 1. The number of carbonyl (C=O) groups is 2. The zero-order chi connectivity index (χ0) is 15.8. The third kappa shape index (κ3) is 2.78. The van der Waals surface area contributed by atoms with E-state index in [-0.39, 0.29) is 16.4 Å². The molecule has 1 aromatic heterocycles. The normalized spacial score (nSPS) is 22.7. The molecule has 1 saturated heterocycles. The lowest BCUT2D eigenvalue weighted by Crippen LogP contribution is -2.25. The fourth-order valence-electron chi connectivity index (χ4n) is 3.84. The van der Waals surface area contributed by atoms with Crippen LogP contribution in [0.2, 0.25) is 0 Å². The molecule has 0 spiro atoms. The number of fused-ring (bicyclic) bond motifs is 1. The zero-order valence-corrected chi connectivity index (χ0v) is 13.8. The zero-order valence-electron chi connectivity index (χ0n) is 13.0. The molecule has 2 amide bonds. The number of rotatable bonds is 3. The Kier molecular flexibility index (Phi) is 3.89. The second-order valence-corrected chi connectivity index (χ2v) is 7.63. The van der Waals surface area contributed by atoms with E-state index >= 15 is 0 Å². The van der Waals surface area contributed by atoms with E-state index < -0.39 is 0 Å². The van der Waals surface area contributed by atoms with Crippen LogP contribution in [0.1, 0.15) is 43.7 Å². The molecule has 2 aromatic rings. The van der Waals surface area contributed by atoms with Crippen molar-refractivity contribution in [1.82, 2.24) is 9.88 Å². The SMILES string of the molecule is O=C1NC(=O)C(Cc2cccc3c2ccn3C2CCCCC2)S1. The maximum absolute atomic E-state index is 11.8. The Morgan fingerprint density at radius 1 is 1.13 bits per heavy atom. The lowest BCUT2D eigenvalue weighted by molar-refractivity contribution is -0.118. The molecular formula is C18H20N2O2S. The van der Waals surface area contributed by atoms with E-state index in [9.17, 15) is 9.59 Å². The first-order chi connectivity index (χ1) is 11.2. The van der Waals surface area contributed by atoms with Crippen molar-refractivity contribution in [2.24, 2.45) is 0 Å². The molecule has 5 heteroatoms. The molecule has 0 bridgehead atoms. The number of carbonyl (C=O) groups excluding carboxylic acids is 2. The minimum Gasteiger partial charge on any atom is -0.344 e. The maximum Gasteiger partial charge on any atom is 0.286 e. The van der Waals surface area contributed by atoms with Crippen LogP contribution in [0.5, 0.6) is 0 Å². The molecule has 120 valence electrons. The monoisotopic (exact) mass is 328 g/mol. The summed E-state index contributed by atoms with van der Waals surface area (Å²) in [7, 11) is 0. The van der Waals surface area contributed by atoms with Gasteiger partial charge in [-0.25, -0.2) is 0 Å². The van der Waals surface area contributed by atoms with E-state index in [1.165, 1.54) is 43.0 Å². The van der Waals surface area contributed by atoms with Gasteiger partial charge in [0.25, 0.3) is 5.24 Å². The smallest absolute Gasteiger partial charge is 0.286 e. The van der Waals surface area contributed by atoms with Gasteiger partial charge in [0.2, 0.25) is 5.91 Å². The minimum absolute atomic E-state index is 0.163. The summed E-state index contributed by atoms with van der Waals surface area (Å²) < 4.78 is 2.41. The van der Waals surface area contributed by atoms with Crippen LogP contribution in [-0.2, 0) is 11.2 Å². The fourth-order valence-corrected chi connectivity index (χ4v) is 4.68. The predicted octanol–water partition coefficient (Wildman–Crippen LogP) is 4.04. The summed E-state index contributed by atoms with van der Waals surface area (Å²) in [5, 5.41) is 3.06. The number of imide groups is 1. The number of amides is 2. The van der Waals surface area contributed by atoms with E-state index in [1.54, 1.807) is 0 Å². The Balaban J connectivity index is 1.65. The average Bonchev–Trinajstić information content (AvgIpc) is 3.12. The molecule has 0 radical (unpaired) electrons. The lowest BCUT2D eigenvalue weighted by Gasteiger charge is -2.24. The quantitative estimate of drug-likeness (QED) is 0.925. The summed E-state index contributed by atoms with van der Waals surface area (Å²) >= 11 is 1.11. The third-order valence-corrected chi connectivity index (χ3v) is 5.98. The number of benzene rings is 1. The van der Waals surface area contributed by atoms with Gasteiger partial charge in [-0.05, 0) is 37.0 Å². The van der Waals surface area contributed by atoms with Crippen LogP contribution in [0.3, 0.4) is 0 Å². The van der Waals surface area contributed by atoms with Gasteiger partial charge < -0.3 is 4.57 Å². The highest BCUT2D eigenvalue weighted by atomic mass is 32.2. The number of nitrogens with zero attached hydrogens (tertiary/aromatic N) is 1. The van der Waals surface area contributed by atoms with Crippen molar-refractivity contribution >= 4 is 33.8 Å². The summed E-state index contributed by atoms with van der Waals surface area (Å²) in [5.74, 6) is -0.163. The van der Waals surface area contributed by atoms with Gasteiger partial charge in [-0.1, -0.05) is 43.2 Å². The highest BCUT2D eigenvalue weighted by Gasteiger charge is 2.32. The predicted molar refractivity (Wildman–Crippen MR) is 92.7 cm³/mol. The maximum atomic E-state index is 11.8. The van der Waals surface area contributed by atoms with E-state index in [0.717, 1.165) is 17.3 Å². The van der Waals surface area contributed by atoms with Crippen LogP contribution < -0.4 is 5.32 Å². The minimum atomic E-state index is -0.300. The molecule has 2 fully saturated rings. The Hall–Kier alpha value is -1.75. The van der Waals surface area contributed by atoms with Gasteiger partial charge in [0, 0.05) is 23.1 Å². The first-order valence-corrected chi connectivity index (χ1v) is 9.20. The van der Waals surface area contributed by atoms with Crippen molar-refractivity contribution in [3.63, 3.8) is 0 Å². The Morgan fingerprint density at radius 2 is 1.96 bits per heavy atom. The van der Waals surface area contributed by atoms with Crippen molar-refractivity contribution in [1.29, 1.82) is 0 Å². The Morgan fingerprint density at radius 3 is 2.70 bits per heavy atom. The number of thioether (sulfide) groups is 1. The van der Waals surface area contributed by atoms with Crippen LogP contribution >= 0.6 is 11.8 Å². The molecule has 1 saturated carbocycles. The van der Waals surface area contributed by atoms with Crippen LogP contribution in [-0.4, -0.2) is 21.0 Å². The highest BCUT2D eigenvalue weighted by molar-refractivity contribution is 8.15. The van der Waals surface area contributed by atoms with Crippen molar-refractivity contribution < 1.29 is 9.59 Å². The number of hydrogen-bond acceptors (Lipinski definition) is 3. The molecule has 2 aliphatic rings. The molecule has 1 aliphatic heterocycles. The number of hydrogen-bond donors (Lipinski definition) is 1. The molecule has 1 aliphatic carbocycles. The molecule has 23 heavy (non-hydrogen) atoms. The first-order valence-electron chi connectivity index (χ1n) is 8.32. The molecule has 4 nitrogen and oxygen atoms in total. The van der Waals surface area contributed by atoms with Crippen LogP contribution in [0.25, 0.3) is 10.9 Å². The van der Waals surface area contributed by atoms with E-state index in [4.69, 9.17) is 0 Å². The molecule has 4 rings (SSSR count). The van der Waals surface area contributed by atoms with Crippen molar-refractivity contribution in [2.45, 2.75) is 49.8 Å². The lowest BCUT2D eigenvalue weighted by atomic mass is 9.95. The van der Waals surface area contributed by atoms with Crippen LogP contribution in [0, 0.1) is 0 Å². The topological polar surface area (TPSA) is 51.1 Å². The van der Waals surface area contributed by atoms with Crippen LogP contribution in [0.15, 0.2) is 30.5 Å². The van der Waals surface area contributed by atoms with E-state index in [1.807, 2.05) is 0 Å². The van der Waals surface area contributed by atoms with Crippen molar-refractivity contribution in [3.8, 4) is 0 Å². The molecule has 1 atom stereocenters. The molecule has 1 N–H and O–H groups in total. The second-order valence-electron chi connectivity index (χ2n) is 6.45. The largest absolute Gasteiger partial charge is 0.344 e. The molecule has 1 aromatic carbocycles. The fraction of sp³-hybridized carbons (Fsp3) is 0.444. The number of nitrogens with one attached hydrogen (secondary N) is 1. The Bertz CT molecular complexity index is 761. The third-order valence-electron chi connectivity index (χ3n) is 4.99. The van der Waals surface area contributed by atoms with Gasteiger partial charge in [0.15, 0.2) is 0 Å². The van der Waals surface area contributed by atoms with Gasteiger partial charge in [-0.2, -0.15) is 0 Å². The van der Waals surface area contributed by atoms with Gasteiger partial charge in [-0.15, -0.1) is 0 Å². The van der Waals surface area contributed by atoms with E-state index in [2.05, 4.69) is 40.3 Å². The molecular weight excluding hydrogens is 308 g/mol. The van der Waals surface area contributed by atoms with E-state index in [0.29, 0.717) is 12.5 Å². The molecule has 2 heterocycles. The van der Waals surface area contributed by atoms with Gasteiger partial charge >= 0.3 is 0 Å². The average molecular weight is 328 g/mol. The second kappa shape index (κ2) is 6.04. The highest BCUT2D eigenvalue weighted by Crippen LogP contribution is 2.33. The van der Waals surface area contributed by atoms with Gasteiger partial charge in [0.1, 0.15) is 0 Å². The summed E-state index contributed by atoms with van der Waals surface area (Å²) in [5.41, 5.74) is 2.41. The summed E-state index contributed by atoms with van der Waals surface area (Å²) in [6.45, 7) is 0. The summed E-state index contributed by atoms with van der Waals surface area (Å²) in [6.07, 6.45) is 9.28. The summed E-state index contributed by atoms with van der Waals surface area (Å²) in [6, 6.07) is 9.07. The van der Waals surface area contributed by atoms with Crippen LogP contribution in [0.4, 0.5) is 4.79 Å². The van der Waals surface area contributed by atoms with Crippen molar-refractivity contribution in [3.05, 3.63) is 36.0 Å². The van der Waals surface area contributed by atoms with Crippen molar-refractivity contribution in [2.75, 3.05) is 0 Å². The summed E-state index contributed by atoms with van der Waals surface area (Å²) in [4.78, 5) is 23.2.